The van der Waals surface area contributed by atoms with Crippen LogP contribution < -0.4 is 11.1 Å². The molecule has 0 radical (unpaired) electrons. The first-order valence-electron chi connectivity index (χ1n) is 6.63. The Kier molecular flexibility index (Phi) is 4.45. The molecule has 7 nitrogen and oxygen atoms in total. The van der Waals surface area contributed by atoms with Crippen molar-refractivity contribution < 1.29 is 23.5 Å². The largest absolute Gasteiger partial charge is 0.464 e. The van der Waals surface area contributed by atoms with E-state index in [2.05, 4.69) is 0 Å². The Bertz CT molecular complexity index is 735. The molecule has 1 atom stereocenters. The minimum absolute atomic E-state index is 0.0374. The van der Waals surface area contributed by atoms with Crippen molar-refractivity contribution >= 4 is 28.9 Å². The summed E-state index contributed by atoms with van der Waals surface area (Å²) in [7, 11) is 0. The molecule has 0 saturated carbocycles. The van der Waals surface area contributed by atoms with Crippen molar-refractivity contribution in [2.75, 3.05) is 0 Å². The molecule has 0 aliphatic carbocycles. The smallest absolute Gasteiger partial charge is 0.318 e. The Labute approximate surface area is 126 Å². The number of amides is 3. The van der Waals surface area contributed by atoms with Gasteiger partial charge in [-0.05, 0) is 25.5 Å². The van der Waals surface area contributed by atoms with Gasteiger partial charge in [-0.15, -0.1) is 0 Å². The molecule has 7 heteroatoms. The fraction of sp³-hybridized carbons (Fsp3) is 0.267. The zero-order valence-corrected chi connectivity index (χ0v) is 12.2. The van der Waals surface area contributed by atoms with Crippen LogP contribution >= 0.6 is 0 Å². The summed E-state index contributed by atoms with van der Waals surface area (Å²) in [5, 5.41) is 2.66. The zero-order valence-electron chi connectivity index (χ0n) is 12.2. The first-order chi connectivity index (χ1) is 10.4. The van der Waals surface area contributed by atoms with E-state index in [-0.39, 0.29) is 6.42 Å². The summed E-state index contributed by atoms with van der Waals surface area (Å²) in [6.45, 7) is 3.29. The number of ether oxygens (including phenoxy) is 1. The summed E-state index contributed by atoms with van der Waals surface area (Å²) >= 11 is 0. The topological polar surface area (TPSA) is 112 Å². The van der Waals surface area contributed by atoms with E-state index in [0.29, 0.717) is 11.1 Å². The molecular formula is C15H16N2O5. The molecule has 3 amide bonds. The second kappa shape index (κ2) is 6.30. The number of carbonyl (C=O) groups excluding carboxylic acids is 3. The van der Waals surface area contributed by atoms with Gasteiger partial charge in [0.1, 0.15) is 5.58 Å². The highest BCUT2D eigenvalue weighted by atomic mass is 16.5. The van der Waals surface area contributed by atoms with Crippen molar-refractivity contribution in [1.82, 2.24) is 5.32 Å². The molecule has 0 fully saturated rings. The van der Waals surface area contributed by atoms with Gasteiger partial charge in [-0.1, -0.05) is 12.1 Å². The second-order valence-corrected chi connectivity index (χ2v) is 4.92. The maximum Gasteiger partial charge on any atom is 0.318 e. The van der Waals surface area contributed by atoms with Gasteiger partial charge in [0.25, 0.3) is 5.91 Å². The van der Waals surface area contributed by atoms with Crippen molar-refractivity contribution in [3.8, 4) is 0 Å². The lowest BCUT2D eigenvalue weighted by atomic mass is 10.1. The van der Waals surface area contributed by atoms with Crippen LogP contribution in [-0.2, 0) is 20.7 Å². The summed E-state index contributed by atoms with van der Waals surface area (Å²) in [5.41, 5.74) is 7.22. The number of benzene rings is 1. The SMILES string of the molecule is Cc1ccc2c(CC(=O)O[C@H](C)C(=O)NC(N)=O)coc2c1. The van der Waals surface area contributed by atoms with Gasteiger partial charge in [-0.25, -0.2) is 4.79 Å². The Morgan fingerprint density at radius 2 is 2.09 bits per heavy atom. The van der Waals surface area contributed by atoms with Crippen LogP contribution in [0.5, 0.6) is 0 Å². The molecule has 3 N–H and O–H groups in total. The standard InChI is InChI=1S/C15H16N2O5/c1-8-3-4-11-10(7-21-12(11)5-8)6-13(18)22-9(2)14(19)17-15(16)20/h3-5,7,9H,6H2,1-2H3,(H3,16,17,19,20)/t9-/m1/s1. The second-order valence-electron chi connectivity index (χ2n) is 4.92. The van der Waals surface area contributed by atoms with Crippen LogP contribution in [0.1, 0.15) is 18.1 Å². The average Bonchev–Trinajstić information content (AvgIpc) is 2.80. The number of primary amides is 1. The Morgan fingerprint density at radius 3 is 2.77 bits per heavy atom. The number of esters is 1. The molecule has 1 heterocycles. The van der Waals surface area contributed by atoms with Crippen LogP contribution in [0.2, 0.25) is 0 Å². The monoisotopic (exact) mass is 304 g/mol. The first-order valence-corrected chi connectivity index (χ1v) is 6.63. The van der Waals surface area contributed by atoms with Crippen molar-refractivity contribution in [2.45, 2.75) is 26.4 Å². The summed E-state index contributed by atoms with van der Waals surface area (Å²) in [6, 6.07) is 4.65. The zero-order chi connectivity index (χ0) is 16.3. The van der Waals surface area contributed by atoms with Crippen molar-refractivity contribution in [3.63, 3.8) is 0 Å². The number of aryl methyl sites for hydroxylation is 1. The van der Waals surface area contributed by atoms with Crippen LogP contribution in [0.25, 0.3) is 11.0 Å². The van der Waals surface area contributed by atoms with Gasteiger partial charge in [0.05, 0.1) is 12.7 Å². The lowest BCUT2D eigenvalue weighted by Crippen LogP contribution is -2.42. The Balaban J connectivity index is 2.02. The van der Waals surface area contributed by atoms with E-state index < -0.39 is 24.0 Å². The quantitative estimate of drug-likeness (QED) is 0.829. The molecule has 2 aromatic rings. The van der Waals surface area contributed by atoms with E-state index in [0.717, 1.165) is 10.9 Å². The molecule has 0 saturated heterocycles. The van der Waals surface area contributed by atoms with Crippen molar-refractivity contribution in [1.29, 1.82) is 0 Å². The third-order valence-corrected chi connectivity index (χ3v) is 3.07. The van der Waals surface area contributed by atoms with E-state index in [4.69, 9.17) is 14.9 Å². The van der Waals surface area contributed by atoms with Gasteiger partial charge < -0.3 is 14.9 Å². The lowest BCUT2D eigenvalue weighted by Gasteiger charge is -2.11. The number of hydrogen-bond donors (Lipinski definition) is 2. The number of imide groups is 1. The third kappa shape index (κ3) is 3.63. The fourth-order valence-electron chi connectivity index (χ4n) is 2.00. The number of carbonyl (C=O) groups is 3. The van der Waals surface area contributed by atoms with Crippen LogP contribution in [0.3, 0.4) is 0 Å². The molecule has 0 aliphatic rings. The summed E-state index contributed by atoms with van der Waals surface area (Å²) in [5.74, 6) is -1.37. The van der Waals surface area contributed by atoms with Crippen molar-refractivity contribution in [3.05, 3.63) is 35.6 Å². The van der Waals surface area contributed by atoms with Gasteiger partial charge in [-0.3, -0.25) is 14.9 Å². The van der Waals surface area contributed by atoms with E-state index in [1.807, 2.05) is 30.4 Å². The minimum atomic E-state index is -1.11. The number of furan rings is 1. The molecule has 0 unspecified atom stereocenters. The van der Waals surface area contributed by atoms with Crippen LogP contribution in [0.15, 0.2) is 28.9 Å². The van der Waals surface area contributed by atoms with E-state index in [1.54, 1.807) is 0 Å². The first kappa shape index (κ1) is 15.6. The van der Waals surface area contributed by atoms with E-state index in [9.17, 15) is 14.4 Å². The van der Waals surface area contributed by atoms with E-state index in [1.165, 1.54) is 13.2 Å². The van der Waals surface area contributed by atoms with E-state index >= 15 is 0 Å². The van der Waals surface area contributed by atoms with Crippen LogP contribution in [0.4, 0.5) is 4.79 Å². The summed E-state index contributed by atoms with van der Waals surface area (Å²) in [6.07, 6.45) is 0.337. The van der Waals surface area contributed by atoms with Gasteiger partial charge in [0.2, 0.25) is 0 Å². The maximum absolute atomic E-state index is 11.9. The Morgan fingerprint density at radius 1 is 1.36 bits per heavy atom. The Hall–Kier alpha value is -2.83. The van der Waals surface area contributed by atoms with Crippen LogP contribution in [0, 0.1) is 6.92 Å². The summed E-state index contributed by atoms with van der Waals surface area (Å²) < 4.78 is 10.3. The average molecular weight is 304 g/mol. The molecule has 0 aliphatic heterocycles. The predicted molar refractivity (Wildman–Crippen MR) is 77.9 cm³/mol. The van der Waals surface area contributed by atoms with Crippen LogP contribution in [-0.4, -0.2) is 24.0 Å². The van der Waals surface area contributed by atoms with Crippen molar-refractivity contribution in [2.24, 2.45) is 5.73 Å². The number of fused-ring (bicyclic) bond motifs is 1. The molecule has 1 aromatic carbocycles. The minimum Gasteiger partial charge on any atom is -0.464 e. The third-order valence-electron chi connectivity index (χ3n) is 3.07. The molecule has 0 spiro atoms. The highest BCUT2D eigenvalue weighted by Gasteiger charge is 2.20. The number of nitrogens with one attached hydrogen (secondary N) is 1. The molecule has 116 valence electrons. The molecular weight excluding hydrogens is 288 g/mol. The number of urea groups is 1. The van der Waals surface area contributed by atoms with Gasteiger partial charge in [0, 0.05) is 10.9 Å². The van der Waals surface area contributed by atoms with Gasteiger partial charge in [-0.2, -0.15) is 0 Å². The molecule has 22 heavy (non-hydrogen) atoms. The normalized spacial score (nSPS) is 11.9. The molecule has 1 aromatic heterocycles. The predicted octanol–water partition coefficient (Wildman–Crippen LogP) is 1.41. The van der Waals surface area contributed by atoms with Gasteiger partial charge in [0.15, 0.2) is 6.10 Å². The lowest BCUT2D eigenvalue weighted by molar-refractivity contribution is -0.153. The van der Waals surface area contributed by atoms with Gasteiger partial charge >= 0.3 is 12.0 Å². The fourth-order valence-corrected chi connectivity index (χ4v) is 2.00. The number of nitrogens with two attached hydrogens (primary N) is 1. The number of rotatable bonds is 4. The maximum atomic E-state index is 11.9. The molecule has 2 rings (SSSR count). The highest BCUT2D eigenvalue weighted by molar-refractivity contribution is 5.96. The summed E-state index contributed by atoms with van der Waals surface area (Å²) in [4.78, 5) is 33.9. The number of hydrogen-bond acceptors (Lipinski definition) is 5. The highest BCUT2D eigenvalue weighted by Crippen LogP contribution is 2.23. The molecule has 0 bridgehead atoms.